The first-order valence-electron chi connectivity index (χ1n) is 12.0. The Labute approximate surface area is 195 Å². The fourth-order valence-corrected chi connectivity index (χ4v) is 5.24. The summed E-state index contributed by atoms with van der Waals surface area (Å²) in [6, 6.07) is 24.1. The van der Waals surface area contributed by atoms with E-state index >= 15 is 0 Å². The van der Waals surface area contributed by atoms with Crippen molar-refractivity contribution in [1.82, 2.24) is 14.8 Å². The van der Waals surface area contributed by atoms with Crippen molar-refractivity contribution < 1.29 is 9.59 Å². The van der Waals surface area contributed by atoms with E-state index in [1.807, 2.05) is 84.3 Å². The number of benzene rings is 2. The van der Waals surface area contributed by atoms with Gasteiger partial charge in [-0.2, -0.15) is 0 Å². The first kappa shape index (κ1) is 21.5. The molecule has 0 spiro atoms. The van der Waals surface area contributed by atoms with E-state index in [-0.39, 0.29) is 17.9 Å². The number of carbonyl (C=O) groups is 2. The third-order valence-electron chi connectivity index (χ3n) is 7.19. The summed E-state index contributed by atoms with van der Waals surface area (Å²) in [5.74, 6) is -0.161. The third-order valence-corrected chi connectivity index (χ3v) is 7.19. The summed E-state index contributed by atoms with van der Waals surface area (Å²) in [7, 11) is 0. The van der Waals surface area contributed by atoms with Gasteiger partial charge in [0.2, 0.25) is 5.91 Å². The second-order valence-electron chi connectivity index (χ2n) is 9.52. The Morgan fingerprint density at radius 3 is 2.24 bits per heavy atom. The van der Waals surface area contributed by atoms with Crippen LogP contribution in [-0.4, -0.2) is 32.9 Å². The number of nitrogens with one attached hydrogen (secondary N) is 1. The summed E-state index contributed by atoms with van der Waals surface area (Å²) in [5, 5.41) is 3.30. The van der Waals surface area contributed by atoms with E-state index in [0.29, 0.717) is 18.8 Å². The molecule has 2 aromatic carbocycles. The highest BCUT2D eigenvalue weighted by Crippen LogP contribution is 2.34. The molecule has 1 atom stereocenters. The molecule has 5 nitrogen and oxygen atoms in total. The molecule has 170 valence electrons. The van der Waals surface area contributed by atoms with Crippen LogP contribution in [0.5, 0.6) is 0 Å². The molecule has 1 unspecified atom stereocenters. The quantitative estimate of drug-likeness (QED) is 0.605. The van der Waals surface area contributed by atoms with Crippen LogP contribution in [0.15, 0.2) is 72.8 Å². The Balaban J connectivity index is 1.53. The number of hydrogen-bond acceptors (Lipinski definition) is 2. The highest BCUT2D eigenvalue weighted by Gasteiger charge is 2.48. The molecule has 1 N–H and O–H groups in total. The van der Waals surface area contributed by atoms with Crippen molar-refractivity contribution >= 4 is 11.8 Å². The van der Waals surface area contributed by atoms with Gasteiger partial charge in [0, 0.05) is 18.3 Å². The van der Waals surface area contributed by atoms with Crippen molar-refractivity contribution in [2.45, 2.75) is 63.7 Å². The number of rotatable bonds is 5. The molecule has 1 saturated carbocycles. The molecule has 0 bridgehead atoms. The smallest absolute Gasteiger partial charge is 0.271 e. The zero-order chi connectivity index (χ0) is 22.8. The van der Waals surface area contributed by atoms with E-state index in [9.17, 15) is 9.59 Å². The van der Waals surface area contributed by atoms with Crippen LogP contribution in [0.25, 0.3) is 11.3 Å². The molecule has 1 aliphatic carbocycles. The van der Waals surface area contributed by atoms with E-state index < -0.39 is 5.54 Å². The number of carbonyl (C=O) groups excluding carboxylic acids is 2. The molecule has 0 saturated heterocycles. The lowest BCUT2D eigenvalue weighted by Gasteiger charge is -2.45. The molecule has 1 fully saturated rings. The second-order valence-corrected chi connectivity index (χ2v) is 9.52. The van der Waals surface area contributed by atoms with Crippen molar-refractivity contribution in [2.75, 3.05) is 0 Å². The molecule has 2 aliphatic rings. The normalized spacial score (nSPS) is 21.0. The zero-order valence-corrected chi connectivity index (χ0v) is 19.2. The first-order chi connectivity index (χ1) is 16.1. The Hall–Kier alpha value is -3.34. The van der Waals surface area contributed by atoms with Crippen molar-refractivity contribution in [2.24, 2.45) is 0 Å². The molecule has 2 amide bonds. The van der Waals surface area contributed by atoms with Gasteiger partial charge < -0.3 is 14.8 Å². The largest absolute Gasteiger partial charge is 0.351 e. The van der Waals surface area contributed by atoms with Crippen molar-refractivity contribution in [1.29, 1.82) is 0 Å². The van der Waals surface area contributed by atoms with Gasteiger partial charge in [0.25, 0.3) is 5.91 Å². The molecule has 5 rings (SSSR count). The molecular formula is C28H31N3O2. The fraction of sp³-hybridized carbons (Fsp3) is 0.357. The predicted octanol–water partition coefficient (Wildman–Crippen LogP) is 5.02. The van der Waals surface area contributed by atoms with Crippen LogP contribution in [0.1, 0.15) is 55.1 Å². The van der Waals surface area contributed by atoms with E-state index in [4.69, 9.17) is 0 Å². The van der Waals surface area contributed by atoms with Crippen molar-refractivity contribution in [3.63, 3.8) is 0 Å². The minimum Gasteiger partial charge on any atom is -0.351 e. The minimum absolute atomic E-state index is 0.0583. The second kappa shape index (κ2) is 8.89. The van der Waals surface area contributed by atoms with E-state index in [2.05, 4.69) is 5.32 Å². The minimum atomic E-state index is -0.986. The molecule has 1 aromatic heterocycles. The molecule has 0 radical (unpaired) electrons. The van der Waals surface area contributed by atoms with E-state index in [1.165, 1.54) is 6.42 Å². The monoisotopic (exact) mass is 441 g/mol. The predicted molar refractivity (Wildman–Crippen MR) is 130 cm³/mol. The summed E-state index contributed by atoms with van der Waals surface area (Å²) in [5.41, 5.74) is 2.68. The Morgan fingerprint density at radius 1 is 0.909 bits per heavy atom. The van der Waals surface area contributed by atoms with Gasteiger partial charge in [0.1, 0.15) is 11.2 Å². The van der Waals surface area contributed by atoms with E-state index in [1.54, 1.807) is 4.90 Å². The van der Waals surface area contributed by atoms with Gasteiger partial charge in [-0.05, 0) is 43.0 Å². The molecule has 2 heterocycles. The van der Waals surface area contributed by atoms with Crippen LogP contribution in [0, 0.1) is 0 Å². The van der Waals surface area contributed by atoms with Crippen LogP contribution >= 0.6 is 0 Å². The van der Waals surface area contributed by atoms with Crippen LogP contribution in [-0.2, 0) is 17.9 Å². The lowest BCUT2D eigenvalue weighted by atomic mass is 9.91. The molecule has 1 aliphatic heterocycles. The summed E-state index contributed by atoms with van der Waals surface area (Å²) in [6.45, 7) is 2.75. The van der Waals surface area contributed by atoms with Crippen LogP contribution in [0.3, 0.4) is 0 Å². The van der Waals surface area contributed by atoms with Gasteiger partial charge in [0.05, 0.1) is 6.54 Å². The Kier molecular flexibility index (Phi) is 5.79. The standard InChI is InChI=1S/C28H31N3O2/c1-28(27(33)29-23-15-9-4-10-16-23)20-30-24(22-13-7-3-8-14-22)17-18-25(30)26(32)31(28)19-21-11-5-2-6-12-21/h2-3,5-8,11-14,17-18,23H,4,9-10,15-16,19-20H2,1H3,(H,29,33). The van der Waals surface area contributed by atoms with Gasteiger partial charge in [-0.15, -0.1) is 0 Å². The molecule has 33 heavy (non-hydrogen) atoms. The van der Waals surface area contributed by atoms with Crippen molar-refractivity contribution in [3.8, 4) is 11.3 Å². The summed E-state index contributed by atoms with van der Waals surface area (Å²) in [4.78, 5) is 29.4. The fourth-order valence-electron chi connectivity index (χ4n) is 5.24. The average Bonchev–Trinajstić information content (AvgIpc) is 3.27. The van der Waals surface area contributed by atoms with Gasteiger partial charge in [-0.1, -0.05) is 79.9 Å². The topological polar surface area (TPSA) is 54.3 Å². The third kappa shape index (κ3) is 4.08. The number of hydrogen-bond donors (Lipinski definition) is 1. The number of fused-ring (bicyclic) bond motifs is 1. The average molecular weight is 442 g/mol. The zero-order valence-electron chi connectivity index (χ0n) is 19.2. The van der Waals surface area contributed by atoms with Crippen molar-refractivity contribution in [3.05, 3.63) is 84.1 Å². The molecular weight excluding hydrogens is 410 g/mol. The number of aromatic nitrogens is 1. The maximum atomic E-state index is 13.8. The SMILES string of the molecule is CC1(C(=O)NC2CCCCC2)Cn2c(ccc2-c2ccccc2)C(=O)N1Cc1ccccc1. The van der Waals surface area contributed by atoms with Gasteiger partial charge in [-0.25, -0.2) is 0 Å². The number of nitrogens with zero attached hydrogens (tertiary/aromatic N) is 2. The van der Waals surface area contributed by atoms with Crippen LogP contribution in [0.2, 0.25) is 0 Å². The lowest BCUT2D eigenvalue weighted by Crippen LogP contribution is -2.64. The summed E-state index contributed by atoms with van der Waals surface area (Å²) >= 11 is 0. The lowest BCUT2D eigenvalue weighted by molar-refractivity contribution is -0.134. The summed E-state index contributed by atoms with van der Waals surface area (Å²) < 4.78 is 2.03. The Bertz CT molecular complexity index is 1130. The van der Waals surface area contributed by atoms with Gasteiger partial charge >= 0.3 is 0 Å². The summed E-state index contributed by atoms with van der Waals surface area (Å²) in [6.07, 6.45) is 5.55. The number of amides is 2. The van der Waals surface area contributed by atoms with Crippen LogP contribution < -0.4 is 5.32 Å². The first-order valence-corrected chi connectivity index (χ1v) is 12.0. The Morgan fingerprint density at radius 2 is 1.55 bits per heavy atom. The van der Waals surface area contributed by atoms with Gasteiger partial charge in [-0.3, -0.25) is 9.59 Å². The molecule has 5 heteroatoms. The highest BCUT2D eigenvalue weighted by atomic mass is 16.2. The highest BCUT2D eigenvalue weighted by molar-refractivity contribution is 6.00. The maximum Gasteiger partial charge on any atom is 0.271 e. The molecule has 3 aromatic rings. The van der Waals surface area contributed by atoms with E-state index in [0.717, 1.165) is 42.5 Å². The van der Waals surface area contributed by atoms with Crippen LogP contribution in [0.4, 0.5) is 0 Å². The maximum absolute atomic E-state index is 13.8. The van der Waals surface area contributed by atoms with Gasteiger partial charge in [0.15, 0.2) is 0 Å².